The summed E-state index contributed by atoms with van der Waals surface area (Å²) in [7, 11) is 0. The van der Waals surface area contributed by atoms with Crippen molar-refractivity contribution in [2.24, 2.45) is 0 Å². The number of hydrogen-bond acceptors (Lipinski definition) is 7. The average molecular weight is 491 g/mol. The zero-order chi connectivity index (χ0) is 23.1. The largest absolute Gasteiger partial charge is 0.462 e. The molecular weight excluding hydrogens is 468 g/mol. The van der Waals surface area contributed by atoms with Gasteiger partial charge in [-0.15, -0.1) is 28.1 Å². The Balaban J connectivity index is 1.73. The molecule has 0 aliphatic heterocycles. The van der Waals surface area contributed by atoms with Crippen molar-refractivity contribution in [1.29, 1.82) is 0 Å². The second-order valence-corrected chi connectivity index (χ2v) is 9.09. The van der Waals surface area contributed by atoms with Crippen LogP contribution < -0.4 is 5.32 Å². The smallest absolute Gasteiger partial charge is 0.341 e. The van der Waals surface area contributed by atoms with Gasteiger partial charge in [0.1, 0.15) is 5.00 Å². The number of ether oxygens (including phenoxy) is 1. The van der Waals surface area contributed by atoms with E-state index < -0.39 is 5.97 Å². The van der Waals surface area contributed by atoms with Crippen molar-refractivity contribution in [3.8, 4) is 11.4 Å². The molecular formula is C22H23ClN4O3S2. The number of carbonyl (C=O) groups excluding carboxylic acids is 2. The number of hydrogen-bond donors (Lipinski definition) is 1. The van der Waals surface area contributed by atoms with Gasteiger partial charge in [0.2, 0.25) is 5.91 Å². The molecule has 0 aliphatic rings. The molecule has 0 bridgehead atoms. The fourth-order valence-corrected chi connectivity index (χ4v) is 4.74. The summed E-state index contributed by atoms with van der Waals surface area (Å²) in [6.07, 6.45) is 2.51. The Morgan fingerprint density at radius 1 is 1.28 bits per heavy atom. The Morgan fingerprint density at radius 3 is 2.69 bits per heavy atom. The summed E-state index contributed by atoms with van der Waals surface area (Å²) in [5.74, 6) is 0.0910. The Hall–Kier alpha value is -2.62. The molecule has 0 aliphatic carbocycles. The number of amides is 1. The first-order chi connectivity index (χ1) is 15.5. The maximum absolute atomic E-state index is 12.6. The predicted molar refractivity (Wildman–Crippen MR) is 130 cm³/mol. The van der Waals surface area contributed by atoms with Gasteiger partial charge in [-0.25, -0.2) is 4.79 Å². The van der Waals surface area contributed by atoms with Gasteiger partial charge in [-0.2, -0.15) is 0 Å². The fraction of sp³-hybridized carbons (Fsp3) is 0.273. The number of aryl methyl sites for hydroxylation is 1. The third kappa shape index (κ3) is 5.79. The maximum Gasteiger partial charge on any atom is 0.341 e. The van der Waals surface area contributed by atoms with Crippen molar-refractivity contribution < 1.29 is 14.3 Å². The van der Waals surface area contributed by atoms with Crippen LogP contribution in [-0.4, -0.2) is 39.0 Å². The fourth-order valence-electron chi connectivity index (χ4n) is 2.86. The maximum atomic E-state index is 12.6. The number of esters is 1. The van der Waals surface area contributed by atoms with Crippen LogP contribution >= 0.6 is 34.7 Å². The molecule has 1 N–H and O–H groups in total. The lowest BCUT2D eigenvalue weighted by Crippen LogP contribution is -2.16. The van der Waals surface area contributed by atoms with E-state index in [4.69, 9.17) is 16.3 Å². The molecule has 168 valence electrons. The highest BCUT2D eigenvalue weighted by atomic mass is 35.5. The molecule has 0 unspecified atom stereocenters. The average Bonchev–Trinajstić information content (AvgIpc) is 3.37. The molecule has 2 aromatic heterocycles. The van der Waals surface area contributed by atoms with E-state index in [1.165, 1.54) is 23.1 Å². The quantitative estimate of drug-likeness (QED) is 0.235. The van der Waals surface area contributed by atoms with Gasteiger partial charge in [0, 0.05) is 22.0 Å². The summed E-state index contributed by atoms with van der Waals surface area (Å²) in [6.45, 7) is 8.31. The molecule has 3 rings (SSSR count). The van der Waals surface area contributed by atoms with E-state index in [0.717, 1.165) is 16.9 Å². The Labute approximate surface area is 199 Å². The van der Waals surface area contributed by atoms with Gasteiger partial charge in [0.05, 0.1) is 17.9 Å². The molecule has 0 radical (unpaired) electrons. The lowest BCUT2D eigenvalue weighted by molar-refractivity contribution is -0.113. The second kappa shape index (κ2) is 11.3. The van der Waals surface area contributed by atoms with E-state index in [2.05, 4.69) is 22.1 Å². The van der Waals surface area contributed by atoms with E-state index >= 15 is 0 Å². The van der Waals surface area contributed by atoms with Crippen LogP contribution in [0.1, 0.15) is 29.1 Å². The molecule has 0 spiro atoms. The zero-order valence-electron chi connectivity index (χ0n) is 17.8. The van der Waals surface area contributed by atoms with Crippen LogP contribution in [0.25, 0.3) is 11.4 Å². The van der Waals surface area contributed by atoms with Gasteiger partial charge in [0.15, 0.2) is 11.0 Å². The predicted octanol–water partition coefficient (Wildman–Crippen LogP) is 5.32. The Kier molecular flexibility index (Phi) is 8.49. The first kappa shape index (κ1) is 24.0. The van der Waals surface area contributed by atoms with Gasteiger partial charge in [-0.1, -0.05) is 36.4 Å². The van der Waals surface area contributed by atoms with E-state index in [9.17, 15) is 9.59 Å². The number of thioether (sulfide) groups is 1. The minimum absolute atomic E-state index is 0.109. The normalized spacial score (nSPS) is 10.7. The zero-order valence-corrected chi connectivity index (χ0v) is 20.1. The van der Waals surface area contributed by atoms with Crippen LogP contribution in [0.3, 0.4) is 0 Å². The van der Waals surface area contributed by atoms with E-state index in [1.807, 2.05) is 23.6 Å². The molecule has 1 amide bonds. The van der Waals surface area contributed by atoms with Crippen molar-refractivity contribution in [3.63, 3.8) is 0 Å². The molecule has 32 heavy (non-hydrogen) atoms. The van der Waals surface area contributed by atoms with Crippen LogP contribution in [0.15, 0.2) is 48.1 Å². The third-order valence-electron chi connectivity index (χ3n) is 4.34. The van der Waals surface area contributed by atoms with Crippen molar-refractivity contribution in [1.82, 2.24) is 14.8 Å². The number of rotatable bonds is 10. The minimum atomic E-state index is -0.440. The lowest BCUT2D eigenvalue weighted by Gasteiger charge is -2.08. The van der Waals surface area contributed by atoms with Crippen LogP contribution in [0.2, 0.25) is 5.02 Å². The Morgan fingerprint density at radius 2 is 2.03 bits per heavy atom. The number of aromatic nitrogens is 3. The number of nitrogens with zero attached hydrogens (tertiary/aromatic N) is 3. The standard InChI is InChI=1S/C22H23ClN4O3S2/c1-4-11-27-19(14-7-9-15(23)10-8-14)25-26-22(27)31-13-18(28)24-20-17(21(29)30-6-3)12-16(5-2)32-20/h4,7-10,12H,1,5-6,11,13H2,2-3H3,(H,24,28). The van der Waals surface area contributed by atoms with Gasteiger partial charge in [-0.3, -0.25) is 9.36 Å². The van der Waals surface area contributed by atoms with Crippen LogP contribution in [0, 0.1) is 0 Å². The minimum Gasteiger partial charge on any atom is -0.462 e. The van der Waals surface area contributed by atoms with Crippen LogP contribution in [-0.2, 0) is 22.5 Å². The second-order valence-electron chi connectivity index (χ2n) is 6.58. The summed E-state index contributed by atoms with van der Waals surface area (Å²) in [6, 6.07) is 9.08. The SMILES string of the molecule is C=CCn1c(SCC(=O)Nc2sc(CC)cc2C(=O)OCC)nnc1-c1ccc(Cl)cc1. The number of benzene rings is 1. The summed E-state index contributed by atoms with van der Waals surface area (Å²) in [5.41, 5.74) is 1.25. The topological polar surface area (TPSA) is 86.1 Å². The number of halogens is 1. The molecule has 0 saturated carbocycles. The first-order valence-corrected chi connectivity index (χ1v) is 12.2. The molecule has 0 atom stereocenters. The van der Waals surface area contributed by atoms with Gasteiger partial charge in [-0.05, 0) is 43.7 Å². The number of thiophene rings is 1. The Bertz CT molecular complexity index is 1110. The molecule has 0 fully saturated rings. The number of nitrogens with one attached hydrogen (secondary N) is 1. The lowest BCUT2D eigenvalue weighted by atomic mass is 10.2. The van der Waals surface area contributed by atoms with Gasteiger partial charge < -0.3 is 10.1 Å². The molecule has 3 aromatic rings. The molecule has 1 aromatic carbocycles. The number of anilines is 1. The molecule has 2 heterocycles. The van der Waals surface area contributed by atoms with Crippen LogP contribution in [0.5, 0.6) is 0 Å². The first-order valence-electron chi connectivity index (χ1n) is 9.99. The summed E-state index contributed by atoms with van der Waals surface area (Å²) in [5, 5.41) is 13.1. The summed E-state index contributed by atoms with van der Waals surface area (Å²) >= 11 is 8.62. The molecule has 0 saturated heterocycles. The molecule has 7 nitrogen and oxygen atoms in total. The van der Waals surface area contributed by atoms with Crippen LogP contribution in [0.4, 0.5) is 5.00 Å². The van der Waals surface area contributed by atoms with Gasteiger partial charge >= 0.3 is 5.97 Å². The van der Waals surface area contributed by atoms with Crippen molar-refractivity contribution >= 4 is 51.6 Å². The summed E-state index contributed by atoms with van der Waals surface area (Å²) < 4.78 is 6.99. The highest BCUT2D eigenvalue weighted by Crippen LogP contribution is 2.30. The van der Waals surface area contributed by atoms with Crippen molar-refractivity contribution in [2.75, 3.05) is 17.7 Å². The van der Waals surface area contributed by atoms with Gasteiger partial charge in [0.25, 0.3) is 0 Å². The van der Waals surface area contributed by atoms with E-state index in [0.29, 0.717) is 33.1 Å². The van der Waals surface area contributed by atoms with Crippen molar-refractivity contribution in [3.05, 3.63) is 58.5 Å². The third-order valence-corrected chi connectivity index (χ3v) is 6.76. The molecule has 10 heteroatoms. The van der Waals surface area contributed by atoms with E-state index in [1.54, 1.807) is 31.2 Å². The number of carbonyl (C=O) groups is 2. The van der Waals surface area contributed by atoms with Crippen molar-refractivity contribution in [2.45, 2.75) is 32.0 Å². The number of allylic oxidation sites excluding steroid dienone is 1. The monoisotopic (exact) mass is 490 g/mol. The summed E-state index contributed by atoms with van der Waals surface area (Å²) in [4.78, 5) is 25.8. The van der Waals surface area contributed by atoms with E-state index in [-0.39, 0.29) is 18.3 Å². The highest BCUT2D eigenvalue weighted by Gasteiger charge is 2.20. The highest BCUT2D eigenvalue weighted by molar-refractivity contribution is 7.99.